The zero-order valence-electron chi connectivity index (χ0n) is 11.1. The first kappa shape index (κ1) is 12.4. The smallest absolute Gasteiger partial charge is 0.0336 e. The lowest BCUT2D eigenvalue weighted by atomic mass is 9.79. The monoisotopic (exact) mass is 252 g/mol. The first-order valence-electron chi connectivity index (χ1n) is 7.07. The molecule has 0 radical (unpaired) electrons. The second-order valence-electron chi connectivity index (χ2n) is 5.47. The van der Waals surface area contributed by atoms with Crippen molar-refractivity contribution in [2.75, 3.05) is 0 Å². The highest BCUT2D eigenvalue weighted by atomic mass is 14.6. The van der Waals surface area contributed by atoms with E-state index in [0.717, 1.165) is 12.3 Å². The van der Waals surface area contributed by atoms with Crippen LogP contribution in [-0.4, -0.2) is 4.98 Å². The normalized spacial score (nSPS) is 16.9. The lowest BCUT2D eigenvalue weighted by Gasteiger charge is -2.26. The number of nitrogens with two attached hydrogens (primary N) is 1. The van der Waals surface area contributed by atoms with E-state index < -0.39 is 0 Å². The van der Waals surface area contributed by atoms with Gasteiger partial charge >= 0.3 is 0 Å². The summed E-state index contributed by atoms with van der Waals surface area (Å²) in [7, 11) is 0. The van der Waals surface area contributed by atoms with Crippen molar-refractivity contribution in [2.45, 2.75) is 37.6 Å². The van der Waals surface area contributed by atoms with Gasteiger partial charge in [-0.1, -0.05) is 36.8 Å². The minimum Gasteiger partial charge on any atom is -0.324 e. The molecule has 1 unspecified atom stereocenters. The molecule has 1 saturated carbocycles. The number of hydrogen-bond acceptors (Lipinski definition) is 2. The fraction of sp³-hybridized carbons (Fsp3) is 0.353. The molecule has 1 heterocycles. The number of rotatable bonds is 4. The summed E-state index contributed by atoms with van der Waals surface area (Å²) in [6.07, 6.45) is 8.59. The molecule has 1 atom stereocenters. The molecule has 1 aliphatic carbocycles. The van der Waals surface area contributed by atoms with E-state index in [0.29, 0.717) is 0 Å². The Morgan fingerprint density at radius 3 is 2.79 bits per heavy atom. The lowest BCUT2D eigenvalue weighted by molar-refractivity contribution is 0.419. The SMILES string of the molecule is NC(Cc1cccnc1)c1cccc(C2CCC2)c1. The van der Waals surface area contributed by atoms with E-state index in [1.807, 2.05) is 12.3 Å². The predicted molar refractivity (Wildman–Crippen MR) is 77.9 cm³/mol. The first-order valence-corrected chi connectivity index (χ1v) is 7.07. The van der Waals surface area contributed by atoms with Gasteiger partial charge in [0.2, 0.25) is 0 Å². The maximum atomic E-state index is 6.33. The Kier molecular flexibility index (Phi) is 3.60. The lowest BCUT2D eigenvalue weighted by Crippen LogP contribution is -2.15. The molecule has 0 bridgehead atoms. The van der Waals surface area contributed by atoms with Gasteiger partial charge in [0.25, 0.3) is 0 Å². The predicted octanol–water partition coefficient (Wildman–Crippen LogP) is 3.59. The summed E-state index contributed by atoms with van der Waals surface area (Å²) in [5, 5.41) is 0. The molecule has 3 rings (SSSR count). The fourth-order valence-corrected chi connectivity index (χ4v) is 2.68. The van der Waals surface area contributed by atoms with Gasteiger partial charge in [-0.2, -0.15) is 0 Å². The van der Waals surface area contributed by atoms with Crippen LogP contribution in [0, 0.1) is 0 Å². The summed E-state index contributed by atoms with van der Waals surface area (Å²) >= 11 is 0. The van der Waals surface area contributed by atoms with E-state index in [1.165, 1.54) is 36.0 Å². The maximum Gasteiger partial charge on any atom is 0.0336 e. The number of hydrogen-bond donors (Lipinski definition) is 1. The summed E-state index contributed by atoms with van der Waals surface area (Å²) in [5.74, 6) is 0.769. The Morgan fingerprint density at radius 2 is 2.11 bits per heavy atom. The molecule has 0 aliphatic heterocycles. The van der Waals surface area contributed by atoms with Crippen molar-refractivity contribution in [3.05, 3.63) is 65.5 Å². The number of aromatic nitrogens is 1. The van der Waals surface area contributed by atoms with Gasteiger partial charge in [0.15, 0.2) is 0 Å². The van der Waals surface area contributed by atoms with E-state index in [4.69, 9.17) is 5.73 Å². The minimum atomic E-state index is 0.0595. The molecular weight excluding hydrogens is 232 g/mol. The summed E-state index contributed by atoms with van der Waals surface area (Å²) in [6, 6.07) is 12.9. The van der Waals surface area contributed by atoms with Gasteiger partial charge < -0.3 is 5.73 Å². The number of benzene rings is 1. The zero-order chi connectivity index (χ0) is 13.1. The largest absolute Gasteiger partial charge is 0.324 e. The molecule has 0 saturated heterocycles. The van der Waals surface area contributed by atoms with Gasteiger partial charge in [-0.25, -0.2) is 0 Å². The van der Waals surface area contributed by atoms with Crippen LogP contribution in [-0.2, 0) is 6.42 Å². The van der Waals surface area contributed by atoms with Gasteiger partial charge in [0, 0.05) is 18.4 Å². The van der Waals surface area contributed by atoms with Crippen LogP contribution >= 0.6 is 0 Å². The fourth-order valence-electron chi connectivity index (χ4n) is 2.68. The summed E-state index contributed by atoms with van der Waals surface area (Å²) in [5.41, 5.74) is 10.2. The minimum absolute atomic E-state index is 0.0595. The van der Waals surface area contributed by atoms with Crippen molar-refractivity contribution in [2.24, 2.45) is 5.73 Å². The van der Waals surface area contributed by atoms with Crippen molar-refractivity contribution in [3.8, 4) is 0 Å². The van der Waals surface area contributed by atoms with Gasteiger partial charge in [-0.3, -0.25) is 4.98 Å². The first-order chi connectivity index (χ1) is 9.33. The highest BCUT2D eigenvalue weighted by molar-refractivity contribution is 5.30. The van der Waals surface area contributed by atoms with Crippen molar-refractivity contribution in [3.63, 3.8) is 0 Å². The van der Waals surface area contributed by atoms with Crippen molar-refractivity contribution in [1.29, 1.82) is 0 Å². The molecule has 1 aliphatic rings. The van der Waals surface area contributed by atoms with Gasteiger partial charge in [0.05, 0.1) is 0 Å². The Labute approximate surface area is 114 Å². The van der Waals surface area contributed by atoms with E-state index in [1.54, 1.807) is 6.20 Å². The average molecular weight is 252 g/mol. The Balaban J connectivity index is 1.74. The standard InChI is InChI=1S/C17H20N2/c18-17(10-13-4-3-9-19-12-13)16-8-2-7-15(11-16)14-5-1-6-14/h2-4,7-9,11-12,14,17H,1,5-6,10,18H2. The molecule has 0 amide bonds. The van der Waals surface area contributed by atoms with Crippen LogP contribution in [0.3, 0.4) is 0 Å². The molecular formula is C17H20N2. The van der Waals surface area contributed by atoms with Crippen LogP contribution in [0.5, 0.6) is 0 Å². The third-order valence-corrected chi connectivity index (χ3v) is 4.09. The van der Waals surface area contributed by atoms with E-state index in [2.05, 4.69) is 35.3 Å². The molecule has 19 heavy (non-hydrogen) atoms. The van der Waals surface area contributed by atoms with Crippen molar-refractivity contribution in [1.82, 2.24) is 4.98 Å². The third kappa shape index (κ3) is 2.85. The second-order valence-corrected chi connectivity index (χ2v) is 5.47. The molecule has 98 valence electrons. The van der Waals surface area contributed by atoms with Crippen molar-refractivity contribution >= 4 is 0 Å². The molecule has 2 aromatic rings. The number of pyridine rings is 1. The molecule has 1 aromatic carbocycles. The zero-order valence-corrected chi connectivity index (χ0v) is 11.1. The van der Waals surface area contributed by atoms with Gasteiger partial charge in [-0.15, -0.1) is 0 Å². The molecule has 2 heteroatoms. The number of nitrogens with zero attached hydrogens (tertiary/aromatic N) is 1. The van der Waals surface area contributed by atoms with E-state index in [9.17, 15) is 0 Å². The molecule has 2 nitrogen and oxygen atoms in total. The molecule has 0 spiro atoms. The van der Waals surface area contributed by atoms with Crippen LogP contribution in [0.1, 0.15) is 47.9 Å². The molecule has 1 fully saturated rings. The van der Waals surface area contributed by atoms with Crippen molar-refractivity contribution < 1.29 is 0 Å². The molecule has 1 aromatic heterocycles. The second kappa shape index (κ2) is 5.54. The van der Waals surface area contributed by atoms with Gasteiger partial charge in [-0.05, 0) is 47.9 Å². The Hall–Kier alpha value is -1.67. The summed E-state index contributed by atoms with van der Waals surface area (Å²) < 4.78 is 0. The van der Waals surface area contributed by atoms with Crippen LogP contribution < -0.4 is 5.73 Å². The van der Waals surface area contributed by atoms with Crippen LogP contribution in [0.4, 0.5) is 0 Å². The summed E-state index contributed by atoms with van der Waals surface area (Å²) in [6.45, 7) is 0. The van der Waals surface area contributed by atoms with Gasteiger partial charge in [0.1, 0.15) is 0 Å². The highest BCUT2D eigenvalue weighted by Crippen LogP contribution is 2.37. The third-order valence-electron chi connectivity index (χ3n) is 4.09. The average Bonchev–Trinajstić information content (AvgIpc) is 2.38. The topological polar surface area (TPSA) is 38.9 Å². The van der Waals surface area contributed by atoms with Crippen LogP contribution in [0.25, 0.3) is 0 Å². The molecule has 2 N–H and O–H groups in total. The van der Waals surface area contributed by atoms with E-state index in [-0.39, 0.29) is 6.04 Å². The Bertz CT molecular complexity index is 532. The maximum absolute atomic E-state index is 6.33. The summed E-state index contributed by atoms with van der Waals surface area (Å²) in [4.78, 5) is 4.14. The van der Waals surface area contributed by atoms with E-state index >= 15 is 0 Å². The quantitative estimate of drug-likeness (QED) is 0.903. The Morgan fingerprint density at radius 1 is 1.21 bits per heavy atom. The highest BCUT2D eigenvalue weighted by Gasteiger charge is 2.20. The van der Waals surface area contributed by atoms with Crippen LogP contribution in [0.2, 0.25) is 0 Å². The van der Waals surface area contributed by atoms with Crippen LogP contribution in [0.15, 0.2) is 48.8 Å².